The van der Waals surface area contributed by atoms with E-state index in [1.54, 1.807) is 0 Å². The molecule has 0 aliphatic heterocycles. The number of benzene rings is 2. The Morgan fingerprint density at radius 3 is 2.25 bits per heavy atom. The van der Waals surface area contributed by atoms with Crippen LogP contribution < -0.4 is 4.46 Å². The summed E-state index contributed by atoms with van der Waals surface area (Å²) in [4.78, 5) is 0. The van der Waals surface area contributed by atoms with Crippen LogP contribution in [-0.4, -0.2) is 16.0 Å². The Kier molecular flexibility index (Phi) is 3.57. The van der Waals surface area contributed by atoms with Crippen molar-refractivity contribution in [3.05, 3.63) is 42.5 Å². The molecule has 0 saturated carbocycles. The summed E-state index contributed by atoms with van der Waals surface area (Å²) in [7, 11) is 0. The molecule has 0 N–H and O–H groups in total. The molecule has 0 heterocycles. The number of fused-ring (bicyclic) bond motifs is 1. The van der Waals surface area contributed by atoms with Gasteiger partial charge >= 0.3 is 73.7 Å². The van der Waals surface area contributed by atoms with Crippen LogP contribution in [0.15, 0.2) is 42.5 Å². The Bertz CT molecular complexity index is 384. The van der Waals surface area contributed by atoms with Crippen LogP contribution in [0.4, 0.5) is 0 Å². The van der Waals surface area contributed by atoms with Crippen LogP contribution in [0.3, 0.4) is 0 Å². The summed E-state index contributed by atoms with van der Waals surface area (Å²) >= 11 is 2.99. The maximum atomic E-state index is 2.99. The summed E-state index contributed by atoms with van der Waals surface area (Å²) in [6.07, 6.45) is 0. The van der Waals surface area contributed by atoms with Gasteiger partial charge in [-0.3, -0.25) is 0 Å². The molecule has 0 saturated heterocycles. The summed E-state index contributed by atoms with van der Waals surface area (Å²) in [6, 6.07) is 14.7. The molecular formula is C10H7AgSe. The summed E-state index contributed by atoms with van der Waals surface area (Å²) in [5.74, 6) is 0. The Morgan fingerprint density at radius 1 is 0.833 bits per heavy atom. The van der Waals surface area contributed by atoms with Crippen LogP contribution in [0.25, 0.3) is 10.8 Å². The average Bonchev–Trinajstić information content (AvgIpc) is 2.04. The topological polar surface area (TPSA) is 0 Å². The number of rotatable bonds is 0. The number of hydrogen-bond donors (Lipinski definition) is 0. The second-order valence-electron chi connectivity index (χ2n) is 2.51. The third-order valence-electron chi connectivity index (χ3n) is 1.72. The first-order valence-corrected chi connectivity index (χ1v) is 4.38. The van der Waals surface area contributed by atoms with Crippen molar-refractivity contribution in [2.45, 2.75) is 0 Å². The third kappa shape index (κ3) is 2.01. The Morgan fingerprint density at radius 2 is 1.50 bits per heavy atom. The maximum absolute atomic E-state index is 2.99. The molecule has 12 heavy (non-hydrogen) atoms. The first kappa shape index (κ1) is 10.0. The van der Waals surface area contributed by atoms with E-state index in [-0.39, 0.29) is 22.4 Å². The van der Waals surface area contributed by atoms with Crippen molar-refractivity contribution in [2.75, 3.05) is 0 Å². The molecule has 0 unspecified atom stereocenters. The summed E-state index contributed by atoms with van der Waals surface area (Å²) in [5.41, 5.74) is 0. The molecule has 0 aromatic heterocycles. The zero-order valence-corrected chi connectivity index (χ0v) is 9.45. The number of hydrogen-bond acceptors (Lipinski definition) is 0. The Hall–Kier alpha value is -0.0403. The Labute approximate surface area is 95.7 Å². The van der Waals surface area contributed by atoms with Crippen LogP contribution in [0.1, 0.15) is 0 Å². The van der Waals surface area contributed by atoms with Crippen molar-refractivity contribution in [3.63, 3.8) is 0 Å². The van der Waals surface area contributed by atoms with E-state index < -0.39 is 0 Å². The minimum absolute atomic E-state index is 0. The van der Waals surface area contributed by atoms with Crippen molar-refractivity contribution >= 4 is 31.2 Å². The van der Waals surface area contributed by atoms with Crippen molar-refractivity contribution in [2.24, 2.45) is 0 Å². The molecule has 0 atom stereocenters. The van der Waals surface area contributed by atoms with Crippen LogP contribution in [0.2, 0.25) is 0 Å². The fourth-order valence-electron chi connectivity index (χ4n) is 1.17. The van der Waals surface area contributed by atoms with Crippen LogP contribution >= 0.6 is 0 Å². The monoisotopic (exact) mass is 314 g/mol. The van der Waals surface area contributed by atoms with Crippen molar-refractivity contribution in [1.29, 1.82) is 0 Å². The predicted molar refractivity (Wildman–Crippen MR) is 49.3 cm³/mol. The average molecular weight is 314 g/mol. The van der Waals surface area contributed by atoms with Gasteiger partial charge in [0.05, 0.1) is 0 Å². The zero-order valence-electron chi connectivity index (χ0n) is 6.25. The molecule has 0 aliphatic carbocycles. The summed E-state index contributed by atoms with van der Waals surface area (Å²) < 4.78 is 1.20. The third-order valence-corrected chi connectivity index (χ3v) is 2.25. The molecule has 0 aliphatic rings. The molecule has 0 spiro atoms. The first-order chi connectivity index (χ1) is 5.36. The van der Waals surface area contributed by atoms with Gasteiger partial charge in [0, 0.05) is 22.4 Å². The Balaban J connectivity index is 0.000000720. The minimum atomic E-state index is 0. The fraction of sp³-hybridized carbons (Fsp3) is 0. The first-order valence-electron chi connectivity index (χ1n) is 3.52. The van der Waals surface area contributed by atoms with Gasteiger partial charge in [0.15, 0.2) is 0 Å². The van der Waals surface area contributed by atoms with E-state index in [1.807, 2.05) is 0 Å². The molecule has 2 aromatic carbocycles. The van der Waals surface area contributed by atoms with Gasteiger partial charge in [0.1, 0.15) is 0 Å². The van der Waals surface area contributed by atoms with E-state index in [1.165, 1.54) is 15.2 Å². The molecule has 2 rings (SSSR count). The van der Waals surface area contributed by atoms with Gasteiger partial charge in [-0.2, -0.15) is 0 Å². The van der Waals surface area contributed by atoms with Crippen molar-refractivity contribution < 1.29 is 22.4 Å². The van der Waals surface area contributed by atoms with Gasteiger partial charge in [-0.1, -0.05) is 0 Å². The molecule has 2 heteroatoms. The second-order valence-corrected chi connectivity index (χ2v) is 3.50. The van der Waals surface area contributed by atoms with E-state index in [2.05, 4.69) is 58.5 Å². The molecule has 0 bridgehead atoms. The van der Waals surface area contributed by atoms with Gasteiger partial charge in [-0.25, -0.2) is 0 Å². The van der Waals surface area contributed by atoms with Gasteiger partial charge in [0.2, 0.25) is 0 Å². The van der Waals surface area contributed by atoms with Crippen LogP contribution in [0.5, 0.6) is 0 Å². The van der Waals surface area contributed by atoms with Gasteiger partial charge < -0.3 is 0 Å². The zero-order chi connectivity index (χ0) is 7.68. The second kappa shape index (κ2) is 4.27. The van der Waals surface area contributed by atoms with Crippen LogP contribution in [-0.2, 0) is 22.4 Å². The molecule has 64 valence electrons. The molecule has 2 aromatic rings. The summed E-state index contributed by atoms with van der Waals surface area (Å²) in [5, 5.41) is 2.59. The van der Waals surface area contributed by atoms with E-state index in [0.717, 1.165) is 0 Å². The SMILES string of the molecule is [Ag].[Se]c1ccc2ccccc2c1. The standard InChI is InChI=1S/C10H7Se.Ag/c11-10-6-5-8-3-1-2-4-9(8)7-10;/h1-7H;. The van der Waals surface area contributed by atoms with Crippen molar-refractivity contribution in [1.82, 2.24) is 0 Å². The van der Waals surface area contributed by atoms with Gasteiger partial charge in [0.25, 0.3) is 0 Å². The molecule has 0 amide bonds. The van der Waals surface area contributed by atoms with E-state index >= 15 is 0 Å². The van der Waals surface area contributed by atoms with Gasteiger partial charge in [-0.15, -0.1) is 0 Å². The van der Waals surface area contributed by atoms with E-state index in [4.69, 9.17) is 0 Å². The molecule has 0 nitrogen and oxygen atoms in total. The molecule has 0 fully saturated rings. The summed E-state index contributed by atoms with van der Waals surface area (Å²) in [6.45, 7) is 0. The predicted octanol–water partition coefficient (Wildman–Crippen LogP) is 1.63. The molecular weight excluding hydrogens is 307 g/mol. The quantitative estimate of drug-likeness (QED) is 0.649. The van der Waals surface area contributed by atoms with E-state index in [0.29, 0.717) is 0 Å². The van der Waals surface area contributed by atoms with E-state index in [9.17, 15) is 0 Å². The van der Waals surface area contributed by atoms with Crippen LogP contribution in [0, 0.1) is 0 Å². The normalized spacial score (nSPS) is 9.33. The fourth-order valence-corrected chi connectivity index (χ4v) is 1.58. The van der Waals surface area contributed by atoms with Crippen molar-refractivity contribution in [3.8, 4) is 0 Å². The van der Waals surface area contributed by atoms with Gasteiger partial charge in [-0.05, 0) is 0 Å². The molecule has 2 radical (unpaired) electrons.